The number of hydrogen-bond donors (Lipinski definition) is 2. The molecule has 4 rings (SSSR count). The van der Waals surface area contributed by atoms with Gasteiger partial charge < -0.3 is 10.2 Å². The van der Waals surface area contributed by atoms with E-state index in [0.717, 1.165) is 22.3 Å². The van der Waals surface area contributed by atoms with Gasteiger partial charge in [0.1, 0.15) is 11.5 Å². The molecule has 26 heavy (non-hydrogen) atoms. The normalized spacial score (nSPS) is 10.6. The van der Waals surface area contributed by atoms with Crippen LogP contribution in [0, 0.1) is 0 Å². The van der Waals surface area contributed by atoms with Crippen LogP contribution in [0.4, 0.5) is 0 Å². The third-order valence-corrected chi connectivity index (χ3v) is 4.52. The molecule has 0 amide bonds. The van der Waals surface area contributed by atoms with Crippen LogP contribution in [0.2, 0.25) is 0 Å². The summed E-state index contributed by atoms with van der Waals surface area (Å²) in [6.07, 6.45) is 0. The molecule has 2 N–H and O–H groups in total. The Hall–Kier alpha value is -3.52. The Bertz CT molecular complexity index is 1020. The third-order valence-electron chi connectivity index (χ3n) is 4.52. The Kier molecular flexibility index (Phi) is 4.16. The van der Waals surface area contributed by atoms with E-state index in [1.165, 1.54) is 0 Å². The minimum atomic E-state index is 0.0679. The fraction of sp³-hybridized carbons (Fsp3) is 0. The minimum Gasteiger partial charge on any atom is -0.507 e. The molecule has 0 heterocycles. The van der Waals surface area contributed by atoms with Gasteiger partial charge in [0, 0.05) is 5.56 Å². The largest absolute Gasteiger partial charge is 0.507 e. The monoisotopic (exact) mass is 338 g/mol. The lowest BCUT2D eigenvalue weighted by Crippen LogP contribution is -1.86. The summed E-state index contributed by atoms with van der Waals surface area (Å²) in [6.45, 7) is 0. The number of phenols is 2. The topological polar surface area (TPSA) is 40.5 Å². The number of phenolic OH excluding ortho intramolecular Hbond substituents is 2. The second-order valence-electron chi connectivity index (χ2n) is 6.17. The Morgan fingerprint density at radius 3 is 1.54 bits per heavy atom. The quantitative estimate of drug-likeness (QED) is 0.474. The molecule has 0 unspecified atom stereocenters. The highest BCUT2D eigenvalue weighted by molar-refractivity contribution is 5.86. The highest BCUT2D eigenvalue weighted by atomic mass is 16.3. The lowest BCUT2D eigenvalue weighted by Gasteiger charge is -2.13. The minimum absolute atomic E-state index is 0.0679. The van der Waals surface area contributed by atoms with Gasteiger partial charge in [-0.3, -0.25) is 0 Å². The third kappa shape index (κ3) is 2.93. The first-order valence-corrected chi connectivity index (χ1v) is 8.50. The maximum Gasteiger partial charge on any atom is 0.134 e. The molecule has 0 spiro atoms. The van der Waals surface area contributed by atoms with Crippen LogP contribution >= 0.6 is 0 Å². The van der Waals surface area contributed by atoms with Gasteiger partial charge in [0.2, 0.25) is 0 Å². The van der Waals surface area contributed by atoms with Crippen molar-refractivity contribution in [1.29, 1.82) is 0 Å². The molecule has 4 aromatic rings. The summed E-state index contributed by atoms with van der Waals surface area (Å²) in [5, 5.41) is 21.1. The average molecular weight is 338 g/mol. The summed E-state index contributed by atoms with van der Waals surface area (Å²) in [5.74, 6) is 0.155. The van der Waals surface area contributed by atoms with E-state index in [2.05, 4.69) is 12.1 Å². The first-order valence-electron chi connectivity index (χ1n) is 8.50. The lowest BCUT2D eigenvalue weighted by atomic mass is 9.95. The van der Waals surface area contributed by atoms with Crippen molar-refractivity contribution >= 4 is 0 Å². The predicted octanol–water partition coefficient (Wildman–Crippen LogP) is 6.10. The molecule has 0 fully saturated rings. The van der Waals surface area contributed by atoms with Crippen LogP contribution in [0.15, 0.2) is 97.1 Å². The van der Waals surface area contributed by atoms with E-state index in [0.29, 0.717) is 11.1 Å². The summed E-state index contributed by atoms with van der Waals surface area (Å²) in [5.41, 5.74) is 5.11. The highest BCUT2D eigenvalue weighted by Gasteiger charge is 2.15. The standard InChI is InChI=1S/C24H18O2/c25-22-16-15-21(24(26)23(22)20-9-5-2-6-10-20)19-13-11-18(12-14-19)17-7-3-1-4-8-17/h1-16,25-26H. The molecule has 0 radical (unpaired) electrons. The van der Waals surface area contributed by atoms with E-state index in [9.17, 15) is 10.2 Å². The van der Waals surface area contributed by atoms with Gasteiger partial charge in [-0.1, -0.05) is 84.9 Å². The van der Waals surface area contributed by atoms with E-state index in [1.54, 1.807) is 12.1 Å². The number of rotatable bonds is 3. The zero-order chi connectivity index (χ0) is 17.9. The van der Waals surface area contributed by atoms with Crippen molar-refractivity contribution in [2.24, 2.45) is 0 Å². The van der Waals surface area contributed by atoms with Crippen molar-refractivity contribution < 1.29 is 10.2 Å². The molecule has 4 aromatic carbocycles. The molecule has 0 bridgehead atoms. The first-order chi connectivity index (χ1) is 12.7. The summed E-state index contributed by atoms with van der Waals surface area (Å²) in [7, 11) is 0. The van der Waals surface area contributed by atoms with Crippen molar-refractivity contribution in [2.45, 2.75) is 0 Å². The van der Waals surface area contributed by atoms with Crippen LogP contribution in [0.3, 0.4) is 0 Å². The highest BCUT2D eigenvalue weighted by Crippen LogP contribution is 2.43. The van der Waals surface area contributed by atoms with Gasteiger partial charge in [-0.05, 0) is 34.4 Å². The number of benzene rings is 4. The van der Waals surface area contributed by atoms with Gasteiger partial charge in [-0.15, -0.1) is 0 Å². The molecular formula is C24H18O2. The molecule has 2 heteroatoms. The SMILES string of the molecule is Oc1ccc(-c2ccc(-c3ccccc3)cc2)c(O)c1-c1ccccc1. The Morgan fingerprint density at radius 1 is 0.423 bits per heavy atom. The van der Waals surface area contributed by atoms with Crippen molar-refractivity contribution in [2.75, 3.05) is 0 Å². The zero-order valence-electron chi connectivity index (χ0n) is 14.1. The molecule has 0 aliphatic heterocycles. The van der Waals surface area contributed by atoms with Crippen molar-refractivity contribution in [1.82, 2.24) is 0 Å². The van der Waals surface area contributed by atoms with Crippen LogP contribution in [-0.4, -0.2) is 10.2 Å². The van der Waals surface area contributed by atoms with Gasteiger partial charge in [0.25, 0.3) is 0 Å². The van der Waals surface area contributed by atoms with E-state index in [1.807, 2.05) is 72.8 Å². The van der Waals surface area contributed by atoms with Gasteiger partial charge >= 0.3 is 0 Å². The molecule has 0 aliphatic rings. The van der Waals surface area contributed by atoms with Crippen molar-refractivity contribution in [3.05, 3.63) is 97.1 Å². The number of hydrogen-bond acceptors (Lipinski definition) is 2. The fourth-order valence-electron chi connectivity index (χ4n) is 3.18. The molecule has 2 nitrogen and oxygen atoms in total. The van der Waals surface area contributed by atoms with Gasteiger partial charge in [-0.2, -0.15) is 0 Å². The Labute approximate surface area is 152 Å². The Balaban J connectivity index is 1.77. The number of aromatic hydroxyl groups is 2. The molecule has 0 saturated heterocycles. The maximum atomic E-state index is 10.8. The van der Waals surface area contributed by atoms with Crippen LogP contribution in [-0.2, 0) is 0 Å². The average Bonchev–Trinajstić information content (AvgIpc) is 2.70. The first kappa shape index (κ1) is 16.0. The van der Waals surface area contributed by atoms with Crippen LogP contribution in [0.5, 0.6) is 11.5 Å². The van der Waals surface area contributed by atoms with E-state index < -0.39 is 0 Å². The van der Waals surface area contributed by atoms with Gasteiger partial charge in [0.05, 0.1) is 5.56 Å². The van der Waals surface area contributed by atoms with E-state index in [-0.39, 0.29) is 11.5 Å². The fourth-order valence-corrected chi connectivity index (χ4v) is 3.18. The van der Waals surface area contributed by atoms with Gasteiger partial charge in [-0.25, -0.2) is 0 Å². The summed E-state index contributed by atoms with van der Waals surface area (Å²) in [4.78, 5) is 0. The van der Waals surface area contributed by atoms with Gasteiger partial charge in [0.15, 0.2) is 0 Å². The van der Waals surface area contributed by atoms with E-state index >= 15 is 0 Å². The molecule has 126 valence electrons. The lowest BCUT2D eigenvalue weighted by molar-refractivity contribution is 0.455. The van der Waals surface area contributed by atoms with Crippen molar-refractivity contribution in [3.8, 4) is 44.9 Å². The molecule has 0 aliphatic carbocycles. The second-order valence-corrected chi connectivity index (χ2v) is 6.17. The summed E-state index contributed by atoms with van der Waals surface area (Å²) in [6, 6.07) is 31.0. The smallest absolute Gasteiger partial charge is 0.134 e. The zero-order valence-corrected chi connectivity index (χ0v) is 14.1. The van der Waals surface area contributed by atoms with Crippen molar-refractivity contribution in [3.63, 3.8) is 0 Å². The molecule has 0 saturated carbocycles. The summed E-state index contributed by atoms with van der Waals surface area (Å²) >= 11 is 0. The summed E-state index contributed by atoms with van der Waals surface area (Å²) < 4.78 is 0. The second kappa shape index (κ2) is 6.77. The van der Waals surface area contributed by atoms with Crippen LogP contribution in [0.25, 0.3) is 33.4 Å². The molecular weight excluding hydrogens is 320 g/mol. The Morgan fingerprint density at radius 2 is 0.923 bits per heavy atom. The van der Waals surface area contributed by atoms with Crippen LogP contribution in [0.1, 0.15) is 0 Å². The maximum absolute atomic E-state index is 10.8. The van der Waals surface area contributed by atoms with Crippen LogP contribution < -0.4 is 0 Å². The predicted molar refractivity (Wildman–Crippen MR) is 106 cm³/mol. The molecule has 0 aromatic heterocycles. The van der Waals surface area contributed by atoms with E-state index in [4.69, 9.17) is 0 Å². The molecule has 0 atom stereocenters.